The Morgan fingerprint density at radius 2 is 1.26 bits per heavy atom. The van der Waals surface area contributed by atoms with Crippen LogP contribution in [0.5, 0.6) is 0 Å². The number of aryl methyl sites for hydroxylation is 1. The maximum Gasteiger partial charge on any atom is 0.276 e. The van der Waals surface area contributed by atoms with Gasteiger partial charge in [-0.05, 0) is 18.1 Å². The van der Waals surface area contributed by atoms with Crippen LogP contribution in [0.25, 0.3) is 11.1 Å². The van der Waals surface area contributed by atoms with E-state index < -0.39 is 9.85 Å². The van der Waals surface area contributed by atoms with Gasteiger partial charge >= 0.3 is 0 Å². The second-order valence-electron chi connectivity index (χ2n) is 4.12. The van der Waals surface area contributed by atoms with Crippen molar-refractivity contribution in [3.8, 4) is 11.1 Å². The zero-order chi connectivity index (χ0) is 14.0. The van der Waals surface area contributed by atoms with Gasteiger partial charge < -0.3 is 0 Å². The second-order valence-corrected chi connectivity index (χ2v) is 4.12. The standard InChI is InChI=1S/C13H10N2O4/c1-9-2-4-10(5-3-9)11-6-12(14(16)17)8-13(7-11)15(18)19/h2-8H,1H3. The van der Waals surface area contributed by atoms with Crippen molar-refractivity contribution in [3.63, 3.8) is 0 Å². The van der Waals surface area contributed by atoms with Crippen molar-refractivity contribution >= 4 is 11.4 Å². The quantitative estimate of drug-likeness (QED) is 0.622. The predicted octanol–water partition coefficient (Wildman–Crippen LogP) is 3.48. The van der Waals surface area contributed by atoms with E-state index in [4.69, 9.17) is 0 Å². The minimum atomic E-state index is -0.634. The molecule has 0 radical (unpaired) electrons. The summed E-state index contributed by atoms with van der Waals surface area (Å²) in [4.78, 5) is 20.3. The third-order valence-electron chi connectivity index (χ3n) is 2.71. The molecule has 0 fully saturated rings. The van der Waals surface area contributed by atoms with Crippen LogP contribution in [0.3, 0.4) is 0 Å². The molecule has 2 aromatic rings. The molecule has 6 heteroatoms. The van der Waals surface area contributed by atoms with E-state index in [1.165, 1.54) is 12.1 Å². The molecule has 0 spiro atoms. The van der Waals surface area contributed by atoms with Crippen LogP contribution in [-0.4, -0.2) is 9.85 Å². The van der Waals surface area contributed by atoms with Crippen LogP contribution in [0.1, 0.15) is 5.56 Å². The van der Waals surface area contributed by atoms with Crippen LogP contribution in [-0.2, 0) is 0 Å². The van der Waals surface area contributed by atoms with Gasteiger partial charge in [-0.1, -0.05) is 29.8 Å². The van der Waals surface area contributed by atoms with Crippen LogP contribution in [0.15, 0.2) is 42.5 Å². The molecule has 0 heterocycles. The Morgan fingerprint density at radius 3 is 1.68 bits per heavy atom. The lowest BCUT2D eigenvalue weighted by Gasteiger charge is -2.03. The summed E-state index contributed by atoms with van der Waals surface area (Å²) in [5, 5.41) is 21.6. The van der Waals surface area contributed by atoms with E-state index in [1.54, 1.807) is 12.1 Å². The molecule has 0 N–H and O–H groups in total. The minimum absolute atomic E-state index is 0.287. The van der Waals surface area contributed by atoms with Crippen molar-refractivity contribution in [2.45, 2.75) is 6.92 Å². The molecular formula is C13H10N2O4. The molecule has 0 aliphatic carbocycles. The lowest BCUT2D eigenvalue weighted by molar-refractivity contribution is -0.394. The first-order valence-corrected chi connectivity index (χ1v) is 5.48. The minimum Gasteiger partial charge on any atom is -0.258 e. The van der Waals surface area contributed by atoms with Gasteiger partial charge in [0.1, 0.15) is 0 Å². The molecule has 0 aromatic heterocycles. The van der Waals surface area contributed by atoms with Gasteiger partial charge in [-0.25, -0.2) is 0 Å². The summed E-state index contributed by atoms with van der Waals surface area (Å²) in [6.07, 6.45) is 0. The molecule has 0 amide bonds. The Morgan fingerprint density at radius 1 is 0.789 bits per heavy atom. The first-order valence-electron chi connectivity index (χ1n) is 5.48. The highest BCUT2D eigenvalue weighted by Crippen LogP contribution is 2.29. The van der Waals surface area contributed by atoms with Crippen LogP contribution in [0, 0.1) is 27.2 Å². The molecule has 6 nitrogen and oxygen atoms in total. The highest BCUT2D eigenvalue weighted by molar-refractivity contribution is 5.69. The smallest absolute Gasteiger partial charge is 0.258 e. The Balaban J connectivity index is 2.59. The zero-order valence-electron chi connectivity index (χ0n) is 10.1. The maximum atomic E-state index is 10.8. The third-order valence-corrected chi connectivity index (χ3v) is 2.71. The fourth-order valence-corrected chi connectivity index (χ4v) is 1.72. The summed E-state index contributed by atoms with van der Waals surface area (Å²) in [5.41, 5.74) is 1.64. The average molecular weight is 258 g/mol. The molecule has 0 atom stereocenters. The number of rotatable bonds is 3. The van der Waals surface area contributed by atoms with Gasteiger partial charge in [-0.15, -0.1) is 0 Å². The maximum absolute atomic E-state index is 10.8. The first-order chi connectivity index (χ1) is 8.97. The van der Waals surface area contributed by atoms with Gasteiger partial charge in [-0.3, -0.25) is 20.2 Å². The van der Waals surface area contributed by atoms with Crippen molar-refractivity contribution in [2.75, 3.05) is 0 Å². The molecule has 96 valence electrons. The number of nitro benzene ring substituents is 2. The SMILES string of the molecule is Cc1ccc(-c2cc([N+](=O)[O-])cc([N+](=O)[O-])c2)cc1. The number of benzene rings is 2. The molecule has 0 unspecified atom stereocenters. The van der Waals surface area contributed by atoms with Crippen molar-refractivity contribution in [2.24, 2.45) is 0 Å². The summed E-state index contributed by atoms with van der Waals surface area (Å²) in [6, 6.07) is 10.9. The molecule has 0 bridgehead atoms. The summed E-state index contributed by atoms with van der Waals surface area (Å²) >= 11 is 0. The zero-order valence-corrected chi connectivity index (χ0v) is 10.1. The summed E-state index contributed by atoms with van der Waals surface area (Å²) in [5.74, 6) is 0. The van der Waals surface area contributed by atoms with E-state index in [0.29, 0.717) is 11.1 Å². The Bertz CT molecular complexity index is 618. The summed E-state index contributed by atoms with van der Waals surface area (Å²) in [6.45, 7) is 1.92. The van der Waals surface area contributed by atoms with Crippen molar-refractivity contribution in [1.29, 1.82) is 0 Å². The van der Waals surface area contributed by atoms with E-state index in [0.717, 1.165) is 11.6 Å². The van der Waals surface area contributed by atoms with Crippen molar-refractivity contribution in [1.82, 2.24) is 0 Å². The van der Waals surface area contributed by atoms with Gasteiger partial charge in [0.2, 0.25) is 0 Å². The molecule has 0 aliphatic rings. The number of nitrogens with zero attached hydrogens (tertiary/aromatic N) is 2. The Kier molecular flexibility index (Phi) is 3.24. The molecule has 0 saturated carbocycles. The average Bonchev–Trinajstić information content (AvgIpc) is 2.39. The van der Waals surface area contributed by atoms with Gasteiger partial charge in [0.15, 0.2) is 0 Å². The first kappa shape index (κ1) is 12.7. The van der Waals surface area contributed by atoms with Gasteiger partial charge in [0.25, 0.3) is 11.4 Å². The van der Waals surface area contributed by atoms with E-state index in [2.05, 4.69) is 0 Å². The summed E-state index contributed by atoms with van der Waals surface area (Å²) < 4.78 is 0. The van der Waals surface area contributed by atoms with Gasteiger partial charge in [0.05, 0.1) is 15.9 Å². The normalized spacial score (nSPS) is 10.2. The van der Waals surface area contributed by atoms with E-state index in [-0.39, 0.29) is 11.4 Å². The molecule has 0 saturated heterocycles. The lowest BCUT2D eigenvalue weighted by atomic mass is 10.0. The Labute approximate surface area is 108 Å². The van der Waals surface area contributed by atoms with Crippen LogP contribution in [0.2, 0.25) is 0 Å². The molecule has 19 heavy (non-hydrogen) atoms. The predicted molar refractivity (Wildman–Crippen MR) is 69.9 cm³/mol. The van der Waals surface area contributed by atoms with Gasteiger partial charge in [-0.2, -0.15) is 0 Å². The van der Waals surface area contributed by atoms with Crippen molar-refractivity contribution in [3.05, 3.63) is 68.3 Å². The molecule has 2 rings (SSSR count). The Hall–Kier alpha value is -2.76. The van der Waals surface area contributed by atoms with Crippen LogP contribution in [0.4, 0.5) is 11.4 Å². The van der Waals surface area contributed by atoms with Crippen LogP contribution >= 0.6 is 0 Å². The second kappa shape index (κ2) is 4.85. The fraction of sp³-hybridized carbons (Fsp3) is 0.0769. The largest absolute Gasteiger partial charge is 0.276 e. The van der Waals surface area contributed by atoms with Crippen LogP contribution < -0.4 is 0 Å². The fourth-order valence-electron chi connectivity index (χ4n) is 1.72. The van der Waals surface area contributed by atoms with E-state index in [9.17, 15) is 20.2 Å². The van der Waals surface area contributed by atoms with Crippen molar-refractivity contribution < 1.29 is 9.85 Å². The monoisotopic (exact) mass is 258 g/mol. The number of hydrogen-bond acceptors (Lipinski definition) is 4. The van der Waals surface area contributed by atoms with E-state index in [1.807, 2.05) is 19.1 Å². The molecule has 0 aliphatic heterocycles. The number of non-ortho nitro benzene ring substituents is 2. The summed E-state index contributed by atoms with van der Waals surface area (Å²) in [7, 11) is 0. The molecular weight excluding hydrogens is 248 g/mol. The van der Waals surface area contributed by atoms with E-state index >= 15 is 0 Å². The highest BCUT2D eigenvalue weighted by Gasteiger charge is 2.16. The van der Waals surface area contributed by atoms with Gasteiger partial charge in [0, 0.05) is 12.1 Å². The number of nitro groups is 2. The lowest BCUT2D eigenvalue weighted by Crippen LogP contribution is -1.93. The highest BCUT2D eigenvalue weighted by atomic mass is 16.6. The molecule has 2 aromatic carbocycles. The topological polar surface area (TPSA) is 86.3 Å². The third kappa shape index (κ3) is 2.74. The number of hydrogen-bond donors (Lipinski definition) is 0.